The first-order chi connectivity index (χ1) is 10.1. The molecule has 0 atom stereocenters. The Bertz CT molecular complexity index is 513. The number of halogens is 1. The average molecular weight is 293 g/mol. The Morgan fingerprint density at radius 1 is 1.19 bits per heavy atom. The van der Waals surface area contributed by atoms with E-state index in [9.17, 15) is 14.0 Å². The van der Waals surface area contributed by atoms with Crippen molar-refractivity contribution in [3.63, 3.8) is 0 Å². The fraction of sp³-hybridized carbons (Fsp3) is 0.467. The lowest BCUT2D eigenvalue weighted by Gasteiger charge is -2.36. The Hall–Kier alpha value is -2.11. The predicted octanol–water partition coefficient (Wildman–Crippen LogP) is 1.00. The van der Waals surface area contributed by atoms with Crippen LogP contribution in [0.1, 0.15) is 13.3 Å². The maximum Gasteiger partial charge on any atom is 0.242 e. The summed E-state index contributed by atoms with van der Waals surface area (Å²) >= 11 is 0. The summed E-state index contributed by atoms with van der Waals surface area (Å²) in [4.78, 5) is 26.7. The van der Waals surface area contributed by atoms with E-state index in [-0.39, 0.29) is 24.2 Å². The van der Waals surface area contributed by atoms with Gasteiger partial charge in [0.1, 0.15) is 5.82 Å². The molecule has 1 heterocycles. The van der Waals surface area contributed by atoms with E-state index < -0.39 is 0 Å². The van der Waals surface area contributed by atoms with Gasteiger partial charge in [0.2, 0.25) is 11.8 Å². The molecule has 5 nitrogen and oxygen atoms in total. The molecule has 2 amide bonds. The number of amides is 2. The number of carbonyl (C=O) groups excluding carboxylic acids is 2. The van der Waals surface area contributed by atoms with Crippen LogP contribution in [0.25, 0.3) is 0 Å². The number of hydrogen-bond acceptors (Lipinski definition) is 3. The number of benzene rings is 1. The molecule has 0 unspecified atom stereocenters. The summed E-state index contributed by atoms with van der Waals surface area (Å²) < 4.78 is 13.7. The van der Waals surface area contributed by atoms with Crippen molar-refractivity contribution in [3.8, 4) is 0 Å². The molecule has 1 aliphatic rings. The van der Waals surface area contributed by atoms with Crippen molar-refractivity contribution in [2.24, 2.45) is 0 Å². The zero-order chi connectivity index (χ0) is 15.2. The number of carbonyl (C=O) groups is 2. The molecule has 21 heavy (non-hydrogen) atoms. The topological polar surface area (TPSA) is 52.7 Å². The van der Waals surface area contributed by atoms with Crippen LogP contribution in [0.5, 0.6) is 0 Å². The molecule has 1 aromatic rings. The van der Waals surface area contributed by atoms with E-state index in [1.165, 1.54) is 6.07 Å². The van der Waals surface area contributed by atoms with Gasteiger partial charge in [-0.25, -0.2) is 4.39 Å². The van der Waals surface area contributed by atoms with Gasteiger partial charge >= 0.3 is 0 Å². The molecule has 0 radical (unpaired) electrons. The van der Waals surface area contributed by atoms with E-state index in [0.29, 0.717) is 38.3 Å². The van der Waals surface area contributed by atoms with Crippen LogP contribution in [-0.2, 0) is 9.59 Å². The Morgan fingerprint density at radius 3 is 2.48 bits per heavy atom. The third-order valence-corrected chi connectivity index (χ3v) is 3.58. The van der Waals surface area contributed by atoms with Crippen LogP contribution < -0.4 is 10.2 Å². The minimum absolute atomic E-state index is 0.0341. The van der Waals surface area contributed by atoms with E-state index >= 15 is 0 Å². The summed E-state index contributed by atoms with van der Waals surface area (Å²) in [5.74, 6) is -0.467. The second kappa shape index (κ2) is 7.06. The van der Waals surface area contributed by atoms with Crippen LogP contribution in [0.3, 0.4) is 0 Å². The van der Waals surface area contributed by atoms with E-state index in [4.69, 9.17) is 0 Å². The van der Waals surface area contributed by atoms with Gasteiger partial charge in [0.25, 0.3) is 0 Å². The van der Waals surface area contributed by atoms with Gasteiger partial charge in [-0.2, -0.15) is 0 Å². The Balaban J connectivity index is 1.84. The molecule has 1 N–H and O–H groups in total. The first-order valence-corrected chi connectivity index (χ1v) is 7.15. The number of nitrogens with one attached hydrogen (secondary N) is 1. The lowest BCUT2D eigenvalue weighted by molar-refractivity contribution is -0.133. The summed E-state index contributed by atoms with van der Waals surface area (Å²) in [5, 5.41) is 2.58. The molecule has 1 aromatic carbocycles. The van der Waals surface area contributed by atoms with E-state index in [0.717, 1.165) is 0 Å². The van der Waals surface area contributed by atoms with Crippen LogP contribution in [-0.4, -0.2) is 49.4 Å². The second-order valence-corrected chi connectivity index (χ2v) is 4.95. The van der Waals surface area contributed by atoms with Crippen molar-refractivity contribution >= 4 is 17.5 Å². The quantitative estimate of drug-likeness (QED) is 0.901. The van der Waals surface area contributed by atoms with Gasteiger partial charge < -0.3 is 15.1 Å². The van der Waals surface area contributed by atoms with Gasteiger partial charge in [0, 0.05) is 32.6 Å². The van der Waals surface area contributed by atoms with Gasteiger partial charge in [-0.3, -0.25) is 9.59 Å². The molecular formula is C15H20FN3O2. The van der Waals surface area contributed by atoms with Crippen LogP contribution in [0.4, 0.5) is 10.1 Å². The van der Waals surface area contributed by atoms with E-state index in [1.807, 2.05) is 4.90 Å². The van der Waals surface area contributed by atoms with Gasteiger partial charge in [-0.1, -0.05) is 19.1 Å². The SMILES string of the molecule is CCC(=O)NCC(=O)N1CCN(c2ccccc2F)CC1. The first-order valence-electron chi connectivity index (χ1n) is 7.15. The van der Waals surface area contributed by atoms with Crippen molar-refractivity contribution in [1.29, 1.82) is 0 Å². The maximum absolute atomic E-state index is 13.7. The molecule has 6 heteroatoms. The first kappa shape index (κ1) is 15.3. The zero-order valence-electron chi connectivity index (χ0n) is 12.1. The summed E-state index contributed by atoms with van der Waals surface area (Å²) in [6, 6.07) is 6.65. The highest BCUT2D eigenvalue weighted by atomic mass is 19.1. The fourth-order valence-corrected chi connectivity index (χ4v) is 2.32. The average Bonchev–Trinajstić information content (AvgIpc) is 2.53. The largest absolute Gasteiger partial charge is 0.366 e. The number of para-hydroxylation sites is 1. The Kier molecular flexibility index (Phi) is 5.14. The molecule has 114 valence electrons. The molecule has 1 saturated heterocycles. The zero-order valence-corrected chi connectivity index (χ0v) is 12.1. The standard InChI is InChI=1S/C15H20FN3O2/c1-2-14(20)17-11-15(21)19-9-7-18(8-10-19)13-6-4-3-5-12(13)16/h3-6H,2,7-11H2,1H3,(H,17,20). The number of rotatable bonds is 4. The maximum atomic E-state index is 13.7. The van der Waals surface area contributed by atoms with Crippen LogP contribution in [0.2, 0.25) is 0 Å². The molecule has 0 bridgehead atoms. The number of anilines is 1. The van der Waals surface area contributed by atoms with Gasteiger partial charge in [-0.05, 0) is 12.1 Å². The molecule has 0 aromatic heterocycles. The highest BCUT2D eigenvalue weighted by Crippen LogP contribution is 2.19. The molecular weight excluding hydrogens is 273 g/mol. The summed E-state index contributed by atoms with van der Waals surface area (Å²) in [6.07, 6.45) is 0.369. The molecule has 0 saturated carbocycles. The highest BCUT2D eigenvalue weighted by molar-refractivity contribution is 5.84. The number of piperazine rings is 1. The Labute approximate surface area is 123 Å². The second-order valence-electron chi connectivity index (χ2n) is 4.95. The van der Waals surface area contributed by atoms with Crippen LogP contribution >= 0.6 is 0 Å². The van der Waals surface area contributed by atoms with Gasteiger partial charge in [-0.15, -0.1) is 0 Å². The molecule has 0 aliphatic carbocycles. The van der Waals surface area contributed by atoms with E-state index in [1.54, 1.807) is 30.0 Å². The smallest absolute Gasteiger partial charge is 0.242 e. The van der Waals surface area contributed by atoms with Crippen molar-refractivity contribution in [2.75, 3.05) is 37.6 Å². The van der Waals surface area contributed by atoms with Crippen molar-refractivity contribution in [1.82, 2.24) is 10.2 Å². The lowest BCUT2D eigenvalue weighted by Crippen LogP contribution is -2.51. The number of nitrogens with zero attached hydrogens (tertiary/aromatic N) is 2. The van der Waals surface area contributed by atoms with Gasteiger partial charge in [0.05, 0.1) is 12.2 Å². The van der Waals surface area contributed by atoms with Crippen LogP contribution in [0, 0.1) is 5.82 Å². The third-order valence-electron chi connectivity index (χ3n) is 3.58. The Morgan fingerprint density at radius 2 is 1.86 bits per heavy atom. The third kappa shape index (κ3) is 3.93. The minimum Gasteiger partial charge on any atom is -0.366 e. The van der Waals surface area contributed by atoms with Gasteiger partial charge in [0.15, 0.2) is 0 Å². The fourth-order valence-electron chi connectivity index (χ4n) is 2.32. The number of hydrogen-bond donors (Lipinski definition) is 1. The van der Waals surface area contributed by atoms with Crippen molar-refractivity contribution in [3.05, 3.63) is 30.1 Å². The summed E-state index contributed by atoms with van der Waals surface area (Å²) in [7, 11) is 0. The molecule has 1 aliphatic heterocycles. The predicted molar refractivity (Wildman–Crippen MR) is 78.5 cm³/mol. The van der Waals surface area contributed by atoms with Crippen LogP contribution in [0.15, 0.2) is 24.3 Å². The van der Waals surface area contributed by atoms with Crippen molar-refractivity contribution < 1.29 is 14.0 Å². The monoisotopic (exact) mass is 293 g/mol. The molecule has 2 rings (SSSR count). The van der Waals surface area contributed by atoms with Crippen molar-refractivity contribution in [2.45, 2.75) is 13.3 Å². The minimum atomic E-state index is -0.243. The normalized spacial score (nSPS) is 15.0. The van der Waals surface area contributed by atoms with E-state index in [2.05, 4.69) is 5.32 Å². The highest BCUT2D eigenvalue weighted by Gasteiger charge is 2.22. The molecule has 1 fully saturated rings. The summed E-state index contributed by atoms with van der Waals surface area (Å²) in [6.45, 7) is 4.03. The lowest BCUT2D eigenvalue weighted by atomic mass is 10.2. The molecule has 0 spiro atoms. The summed E-state index contributed by atoms with van der Waals surface area (Å²) in [5.41, 5.74) is 0.573.